The first-order chi connectivity index (χ1) is 7.65. The Kier molecular flexibility index (Phi) is 3.82. The van der Waals surface area contributed by atoms with Gasteiger partial charge in [0.15, 0.2) is 0 Å². The molecule has 0 amide bonds. The number of hydrogen-bond donors (Lipinski definition) is 1. The van der Waals surface area contributed by atoms with Gasteiger partial charge in [-0.15, -0.1) is 0 Å². The van der Waals surface area contributed by atoms with E-state index < -0.39 is 0 Å². The first-order valence-corrected chi connectivity index (χ1v) is 6.24. The van der Waals surface area contributed by atoms with E-state index in [0.717, 1.165) is 32.2 Å². The Balaban J connectivity index is 1.81. The highest BCUT2D eigenvalue weighted by molar-refractivity contribution is 5.76. The molecule has 2 rings (SSSR count). The monoisotopic (exact) mass is 227 g/mol. The van der Waals surface area contributed by atoms with E-state index >= 15 is 0 Å². The summed E-state index contributed by atoms with van der Waals surface area (Å²) in [5.74, 6) is -0.0798. The van der Waals surface area contributed by atoms with Crippen LogP contribution in [0.5, 0.6) is 0 Å². The van der Waals surface area contributed by atoms with Crippen molar-refractivity contribution in [1.82, 2.24) is 5.32 Å². The van der Waals surface area contributed by atoms with Gasteiger partial charge < -0.3 is 14.8 Å². The van der Waals surface area contributed by atoms with Gasteiger partial charge in [0.2, 0.25) is 0 Å². The minimum absolute atomic E-state index is 0.0358. The molecule has 0 aromatic heterocycles. The van der Waals surface area contributed by atoms with E-state index in [0.29, 0.717) is 0 Å². The Hall–Kier alpha value is -0.610. The summed E-state index contributed by atoms with van der Waals surface area (Å²) in [6, 6.07) is -0.0755. The highest BCUT2D eigenvalue weighted by Gasteiger charge is 2.30. The molecule has 92 valence electrons. The number of nitrogens with one attached hydrogen (secondary N) is 1. The molecule has 0 aromatic rings. The van der Waals surface area contributed by atoms with Crippen LogP contribution >= 0.6 is 0 Å². The van der Waals surface area contributed by atoms with Crippen molar-refractivity contribution < 1.29 is 14.3 Å². The largest absolute Gasteiger partial charge is 0.461 e. The van der Waals surface area contributed by atoms with Crippen molar-refractivity contribution in [2.24, 2.45) is 0 Å². The van der Waals surface area contributed by atoms with Crippen molar-refractivity contribution in [1.29, 1.82) is 0 Å². The third-order valence-corrected chi connectivity index (χ3v) is 3.28. The van der Waals surface area contributed by atoms with E-state index in [9.17, 15) is 4.79 Å². The Bertz CT molecular complexity index is 241. The van der Waals surface area contributed by atoms with Gasteiger partial charge in [-0.3, -0.25) is 4.79 Å². The summed E-state index contributed by atoms with van der Waals surface area (Å²) < 4.78 is 11.2. The molecule has 0 aromatic carbocycles. The molecule has 2 aliphatic rings. The number of hydrogen-bond acceptors (Lipinski definition) is 4. The van der Waals surface area contributed by atoms with Gasteiger partial charge in [0, 0.05) is 12.8 Å². The Morgan fingerprint density at radius 2 is 2.00 bits per heavy atom. The lowest BCUT2D eigenvalue weighted by molar-refractivity contribution is -0.161. The van der Waals surface area contributed by atoms with Crippen LogP contribution in [-0.2, 0) is 14.3 Å². The van der Waals surface area contributed by atoms with E-state index in [2.05, 4.69) is 5.32 Å². The van der Waals surface area contributed by atoms with E-state index in [-0.39, 0.29) is 30.3 Å². The van der Waals surface area contributed by atoms with Crippen molar-refractivity contribution >= 4 is 5.97 Å². The van der Waals surface area contributed by atoms with Crippen LogP contribution < -0.4 is 5.32 Å². The van der Waals surface area contributed by atoms with Gasteiger partial charge in [-0.25, -0.2) is 0 Å². The van der Waals surface area contributed by atoms with Gasteiger partial charge in [0.25, 0.3) is 0 Å². The van der Waals surface area contributed by atoms with Gasteiger partial charge in [-0.2, -0.15) is 0 Å². The predicted octanol–water partition coefficient (Wildman–Crippen LogP) is 1.24. The highest BCUT2D eigenvalue weighted by atomic mass is 16.6. The van der Waals surface area contributed by atoms with Crippen molar-refractivity contribution in [3.63, 3.8) is 0 Å². The van der Waals surface area contributed by atoms with Crippen LogP contribution in [0.1, 0.15) is 39.5 Å². The van der Waals surface area contributed by atoms with Crippen molar-refractivity contribution in [3.8, 4) is 0 Å². The summed E-state index contributed by atoms with van der Waals surface area (Å²) in [6.07, 6.45) is 4.05. The minimum Gasteiger partial charge on any atom is -0.461 e. The van der Waals surface area contributed by atoms with Gasteiger partial charge in [-0.05, 0) is 33.2 Å². The number of ether oxygens (including phenoxy) is 2. The molecule has 2 unspecified atom stereocenters. The number of carbonyl (C=O) groups excluding carboxylic acids is 1. The van der Waals surface area contributed by atoms with Crippen LogP contribution in [0.4, 0.5) is 0 Å². The number of rotatable bonds is 2. The molecule has 4 heteroatoms. The first kappa shape index (κ1) is 11.9. The second-order valence-electron chi connectivity index (χ2n) is 4.94. The van der Waals surface area contributed by atoms with Gasteiger partial charge in [0.1, 0.15) is 12.1 Å². The average molecular weight is 227 g/mol. The summed E-state index contributed by atoms with van der Waals surface area (Å²) in [6.45, 7) is 5.00. The fourth-order valence-electron chi connectivity index (χ4n) is 2.57. The van der Waals surface area contributed by atoms with E-state index in [4.69, 9.17) is 9.47 Å². The predicted molar refractivity (Wildman–Crippen MR) is 60.1 cm³/mol. The highest BCUT2D eigenvalue weighted by Crippen LogP contribution is 2.22. The fourth-order valence-corrected chi connectivity index (χ4v) is 2.57. The van der Waals surface area contributed by atoms with Crippen LogP contribution in [0.15, 0.2) is 0 Å². The molecular formula is C12H21NO3. The Labute approximate surface area is 96.7 Å². The van der Waals surface area contributed by atoms with E-state index in [1.165, 1.54) is 0 Å². The van der Waals surface area contributed by atoms with Crippen molar-refractivity contribution in [2.75, 3.05) is 6.54 Å². The molecule has 0 aliphatic carbocycles. The molecule has 1 N–H and O–H groups in total. The summed E-state index contributed by atoms with van der Waals surface area (Å²) in [5, 5.41) is 3.16. The van der Waals surface area contributed by atoms with E-state index in [1.54, 1.807) is 0 Å². The maximum Gasteiger partial charge on any atom is 0.323 e. The minimum atomic E-state index is -0.0798. The summed E-state index contributed by atoms with van der Waals surface area (Å²) >= 11 is 0. The third-order valence-electron chi connectivity index (χ3n) is 3.28. The summed E-state index contributed by atoms with van der Waals surface area (Å²) in [5.41, 5.74) is 0. The van der Waals surface area contributed by atoms with Crippen molar-refractivity contribution in [3.05, 3.63) is 0 Å². The molecule has 2 heterocycles. The lowest BCUT2D eigenvalue weighted by Crippen LogP contribution is -2.40. The topological polar surface area (TPSA) is 47.6 Å². The van der Waals surface area contributed by atoms with Gasteiger partial charge in [-0.1, -0.05) is 0 Å². The number of esters is 1. The zero-order valence-electron chi connectivity index (χ0n) is 10.1. The molecular weight excluding hydrogens is 206 g/mol. The van der Waals surface area contributed by atoms with Crippen LogP contribution in [0.25, 0.3) is 0 Å². The quantitative estimate of drug-likeness (QED) is 0.721. The second-order valence-corrected chi connectivity index (χ2v) is 4.94. The molecule has 16 heavy (non-hydrogen) atoms. The fraction of sp³-hybridized carbons (Fsp3) is 0.917. The molecule has 2 aliphatic heterocycles. The van der Waals surface area contributed by atoms with Gasteiger partial charge >= 0.3 is 5.97 Å². The normalized spacial score (nSPS) is 39.6. The molecule has 0 radical (unpaired) electrons. The third kappa shape index (κ3) is 2.95. The average Bonchev–Trinajstić information content (AvgIpc) is 2.68. The van der Waals surface area contributed by atoms with Crippen LogP contribution in [0, 0.1) is 0 Å². The van der Waals surface area contributed by atoms with Crippen LogP contribution in [0.3, 0.4) is 0 Å². The maximum absolute atomic E-state index is 11.8. The standard InChI is InChI=1S/C12H21NO3/c1-8-6-10(7-9(2)15-8)16-12(14)11-4-3-5-13-11/h8-11,13H,3-7H2,1-2H3/t8?,9?,10?,11-/m0/s1. The number of carbonyl (C=O) groups is 1. The molecule has 0 saturated carbocycles. The van der Waals surface area contributed by atoms with Crippen LogP contribution in [-0.4, -0.2) is 36.9 Å². The molecule has 0 bridgehead atoms. The zero-order chi connectivity index (χ0) is 11.5. The second kappa shape index (κ2) is 5.15. The first-order valence-electron chi connectivity index (χ1n) is 6.24. The smallest absolute Gasteiger partial charge is 0.323 e. The Morgan fingerprint density at radius 3 is 2.56 bits per heavy atom. The zero-order valence-corrected chi connectivity index (χ0v) is 10.1. The Morgan fingerprint density at radius 1 is 1.31 bits per heavy atom. The van der Waals surface area contributed by atoms with Crippen LogP contribution in [0.2, 0.25) is 0 Å². The molecule has 2 fully saturated rings. The molecule has 2 saturated heterocycles. The summed E-state index contributed by atoms with van der Waals surface area (Å²) in [7, 11) is 0. The van der Waals surface area contributed by atoms with Gasteiger partial charge in [0.05, 0.1) is 12.2 Å². The molecule has 0 spiro atoms. The molecule has 4 nitrogen and oxygen atoms in total. The van der Waals surface area contributed by atoms with E-state index in [1.807, 2.05) is 13.8 Å². The molecule has 3 atom stereocenters. The maximum atomic E-state index is 11.8. The lowest BCUT2D eigenvalue weighted by atomic mass is 10.0. The van der Waals surface area contributed by atoms with Crippen molar-refractivity contribution in [2.45, 2.75) is 63.9 Å². The lowest BCUT2D eigenvalue weighted by Gasteiger charge is -2.32. The summed E-state index contributed by atoms with van der Waals surface area (Å²) in [4.78, 5) is 11.8. The SMILES string of the molecule is CC1CC(OC(=O)[C@@H]2CCCN2)CC(C)O1.